The predicted octanol–water partition coefficient (Wildman–Crippen LogP) is 7.12. The number of aliphatic hydroxyl groups is 1. The topological polar surface area (TPSA) is 64.2 Å². The van der Waals surface area contributed by atoms with Gasteiger partial charge in [-0.15, -0.1) is 0 Å². The molecular weight excluding hydrogens is 516 g/mol. The summed E-state index contributed by atoms with van der Waals surface area (Å²) in [6.07, 6.45) is -0.786. The van der Waals surface area contributed by atoms with Crippen LogP contribution in [0.2, 0.25) is 0 Å². The van der Waals surface area contributed by atoms with Crippen LogP contribution in [0.25, 0.3) is 11.4 Å². The lowest BCUT2D eigenvalue weighted by Gasteiger charge is -2.42. The number of rotatable bonds is 7. The van der Waals surface area contributed by atoms with E-state index in [1.165, 1.54) is 22.3 Å². The molecule has 3 aromatic carbocycles. The molecule has 0 spiro atoms. The van der Waals surface area contributed by atoms with Gasteiger partial charge in [0.1, 0.15) is 11.9 Å². The fourth-order valence-electron chi connectivity index (χ4n) is 6.20. The molecule has 5 rings (SSSR count). The van der Waals surface area contributed by atoms with Gasteiger partial charge in [0.15, 0.2) is 0 Å². The molecule has 1 aromatic heterocycles. The van der Waals surface area contributed by atoms with Crippen molar-refractivity contribution in [3.63, 3.8) is 0 Å². The van der Waals surface area contributed by atoms with Crippen LogP contribution in [0, 0.1) is 6.92 Å². The molecule has 0 amide bonds. The van der Waals surface area contributed by atoms with Crippen molar-refractivity contribution in [2.45, 2.75) is 77.4 Å². The van der Waals surface area contributed by atoms with E-state index in [4.69, 9.17) is 4.98 Å². The Morgan fingerprint density at radius 2 is 1.24 bits per heavy atom. The number of aliphatic hydroxyl groups excluding tert-OH is 1. The molecule has 4 aromatic rings. The molecule has 0 saturated carbocycles. The second-order valence-corrected chi connectivity index (χ2v) is 13.9. The minimum Gasteiger partial charge on any atom is -0.385 e. The number of H-pyrrole nitrogens is 1. The van der Waals surface area contributed by atoms with Gasteiger partial charge in [0.25, 0.3) is 0 Å². The lowest BCUT2D eigenvalue weighted by Crippen LogP contribution is -2.52. The van der Waals surface area contributed by atoms with Gasteiger partial charge in [0, 0.05) is 43.4 Å². The average Bonchev–Trinajstić information content (AvgIpc) is 3.37. The Bertz CT molecular complexity index is 1380. The van der Waals surface area contributed by atoms with Crippen LogP contribution in [0.3, 0.4) is 0 Å². The number of imidazole rings is 1. The minimum absolute atomic E-state index is 0.0441. The molecule has 5 heteroatoms. The first-order chi connectivity index (χ1) is 19.9. The van der Waals surface area contributed by atoms with Crippen LogP contribution in [0.4, 0.5) is 0 Å². The molecular formula is C37H48N4O. The molecule has 0 aliphatic carbocycles. The number of hydrogen-bond donors (Lipinski definition) is 3. The van der Waals surface area contributed by atoms with Crippen LogP contribution < -0.4 is 5.32 Å². The summed E-state index contributed by atoms with van der Waals surface area (Å²) >= 11 is 0. The van der Waals surface area contributed by atoms with Crippen LogP contribution in [0.15, 0.2) is 78.9 Å². The first-order valence-electron chi connectivity index (χ1n) is 15.4. The Labute approximate surface area is 252 Å². The van der Waals surface area contributed by atoms with Gasteiger partial charge in [-0.2, -0.15) is 0 Å². The van der Waals surface area contributed by atoms with Crippen molar-refractivity contribution in [3.05, 3.63) is 113 Å². The van der Waals surface area contributed by atoms with Crippen LogP contribution >= 0.6 is 0 Å². The first-order valence-corrected chi connectivity index (χ1v) is 15.4. The van der Waals surface area contributed by atoms with Crippen molar-refractivity contribution in [2.75, 3.05) is 26.2 Å². The summed E-state index contributed by atoms with van der Waals surface area (Å²) in [6.45, 7) is 19.1. The lowest BCUT2D eigenvalue weighted by atomic mass is 9.78. The van der Waals surface area contributed by atoms with E-state index in [1.807, 2.05) is 25.1 Å². The van der Waals surface area contributed by atoms with Crippen molar-refractivity contribution in [1.29, 1.82) is 0 Å². The molecule has 2 unspecified atom stereocenters. The Morgan fingerprint density at radius 1 is 0.738 bits per heavy atom. The molecule has 3 N–H and O–H groups in total. The molecule has 2 atom stereocenters. The fraction of sp³-hybridized carbons (Fsp3) is 0.432. The maximum absolute atomic E-state index is 12.4. The number of aryl methyl sites for hydroxylation is 1. The van der Waals surface area contributed by atoms with Gasteiger partial charge in [0.05, 0.1) is 11.7 Å². The zero-order valence-electron chi connectivity index (χ0n) is 26.4. The van der Waals surface area contributed by atoms with Crippen LogP contribution in [-0.4, -0.2) is 52.2 Å². The standard InChI is InChI=1S/C37H48N4O/c1-25-32(40-35(39-25)28-11-9-8-10-12-28)34(42)33(41-23-21-38-22-24-41)31(26-13-17-29(18-14-26)36(2,3)4)27-15-19-30(20-16-27)37(5,6)7/h8-20,31,33-34,38,42H,21-24H2,1-7H3,(H,39,40). The van der Waals surface area contributed by atoms with Crippen LogP contribution in [-0.2, 0) is 10.8 Å². The number of hydrogen-bond acceptors (Lipinski definition) is 4. The summed E-state index contributed by atoms with van der Waals surface area (Å²) in [5, 5.41) is 15.9. The van der Waals surface area contributed by atoms with Crippen molar-refractivity contribution in [1.82, 2.24) is 20.2 Å². The summed E-state index contributed by atoms with van der Waals surface area (Å²) in [7, 11) is 0. The summed E-state index contributed by atoms with van der Waals surface area (Å²) in [5.74, 6) is 0.749. The van der Waals surface area contributed by atoms with Gasteiger partial charge < -0.3 is 15.4 Å². The van der Waals surface area contributed by atoms with Crippen LogP contribution in [0.1, 0.15) is 87.2 Å². The van der Waals surface area contributed by atoms with E-state index < -0.39 is 6.10 Å². The van der Waals surface area contributed by atoms with Gasteiger partial charge >= 0.3 is 0 Å². The first kappa shape index (κ1) is 30.2. The highest BCUT2D eigenvalue weighted by atomic mass is 16.3. The lowest BCUT2D eigenvalue weighted by molar-refractivity contribution is 0.0295. The summed E-state index contributed by atoms with van der Waals surface area (Å²) in [4.78, 5) is 10.9. The number of piperazine rings is 1. The zero-order valence-corrected chi connectivity index (χ0v) is 26.4. The number of aromatic nitrogens is 2. The van der Waals surface area contributed by atoms with E-state index in [0.29, 0.717) is 0 Å². The van der Waals surface area contributed by atoms with Gasteiger partial charge in [-0.3, -0.25) is 4.90 Å². The van der Waals surface area contributed by atoms with E-state index in [0.717, 1.165) is 49.0 Å². The van der Waals surface area contributed by atoms with Gasteiger partial charge in [-0.05, 0) is 40.0 Å². The highest BCUT2D eigenvalue weighted by Crippen LogP contribution is 2.40. The molecule has 1 saturated heterocycles. The Balaban J connectivity index is 1.64. The van der Waals surface area contributed by atoms with Gasteiger partial charge in [0.2, 0.25) is 0 Å². The smallest absolute Gasteiger partial charge is 0.137 e. The molecule has 1 aliphatic heterocycles. The molecule has 5 nitrogen and oxygen atoms in total. The van der Waals surface area contributed by atoms with Gasteiger partial charge in [-0.1, -0.05) is 120 Å². The molecule has 222 valence electrons. The summed E-state index contributed by atoms with van der Waals surface area (Å²) < 4.78 is 0. The van der Waals surface area contributed by atoms with E-state index in [9.17, 15) is 5.11 Å². The Morgan fingerprint density at radius 3 is 1.71 bits per heavy atom. The quantitative estimate of drug-likeness (QED) is 0.224. The zero-order chi connectivity index (χ0) is 30.1. The van der Waals surface area contributed by atoms with Gasteiger partial charge in [-0.25, -0.2) is 4.98 Å². The maximum Gasteiger partial charge on any atom is 0.137 e. The van der Waals surface area contributed by atoms with Crippen molar-refractivity contribution >= 4 is 0 Å². The van der Waals surface area contributed by atoms with Crippen molar-refractivity contribution in [2.24, 2.45) is 0 Å². The van der Waals surface area contributed by atoms with Crippen LogP contribution in [0.5, 0.6) is 0 Å². The molecule has 0 bridgehead atoms. The maximum atomic E-state index is 12.4. The largest absolute Gasteiger partial charge is 0.385 e. The highest BCUT2D eigenvalue weighted by molar-refractivity contribution is 5.56. The van der Waals surface area contributed by atoms with E-state index in [1.54, 1.807) is 0 Å². The number of nitrogens with zero attached hydrogens (tertiary/aromatic N) is 2. The Hall–Kier alpha value is -3.25. The van der Waals surface area contributed by atoms with Crippen molar-refractivity contribution in [3.8, 4) is 11.4 Å². The Kier molecular flexibility index (Phi) is 8.75. The normalized spacial score (nSPS) is 16.5. The number of nitrogens with one attached hydrogen (secondary N) is 2. The summed E-state index contributed by atoms with van der Waals surface area (Å²) in [6, 6.07) is 28.1. The highest BCUT2D eigenvalue weighted by Gasteiger charge is 2.39. The molecule has 0 radical (unpaired) electrons. The number of benzene rings is 3. The van der Waals surface area contributed by atoms with Crippen molar-refractivity contribution < 1.29 is 5.11 Å². The molecule has 1 aliphatic rings. The monoisotopic (exact) mass is 564 g/mol. The predicted molar refractivity (Wildman–Crippen MR) is 174 cm³/mol. The number of aromatic amines is 1. The van der Waals surface area contributed by atoms with E-state index in [2.05, 4.69) is 117 Å². The third kappa shape index (κ3) is 6.54. The molecule has 2 heterocycles. The summed E-state index contributed by atoms with van der Waals surface area (Å²) in [5.41, 5.74) is 7.83. The third-order valence-corrected chi connectivity index (χ3v) is 8.76. The second kappa shape index (κ2) is 12.2. The van der Waals surface area contributed by atoms with E-state index >= 15 is 0 Å². The molecule has 42 heavy (non-hydrogen) atoms. The average molecular weight is 565 g/mol. The fourth-order valence-corrected chi connectivity index (χ4v) is 6.20. The van der Waals surface area contributed by atoms with E-state index in [-0.39, 0.29) is 22.8 Å². The second-order valence-electron chi connectivity index (χ2n) is 13.9. The SMILES string of the molecule is Cc1[nH]c(-c2ccccc2)nc1C(O)C(C(c1ccc(C(C)(C)C)cc1)c1ccc(C(C)(C)C)cc1)N1CCNCC1. The molecule has 1 fully saturated rings. The third-order valence-electron chi connectivity index (χ3n) is 8.76. The minimum atomic E-state index is -0.786.